The van der Waals surface area contributed by atoms with E-state index in [1.54, 1.807) is 12.4 Å². The van der Waals surface area contributed by atoms with Crippen LogP contribution in [0.4, 0.5) is 0 Å². The summed E-state index contributed by atoms with van der Waals surface area (Å²) in [7, 11) is 0. The first kappa shape index (κ1) is 9.05. The van der Waals surface area contributed by atoms with Crippen LogP contribution in [0.25, 0.3) is 0 Å². The summed E-state index contributed by atoms with van der Waals surface area (Å²) in [6.45, 7) is 0.878. The van der Waals surface area contributed by atoms with Crippen molar-refractivity contribution in [1.29, 1.82) is 0 Å². The molecule has 1 N–H and O–H groups in total. The van der Waals surface area contributed by atoms with Crippen LogP contribution in [-0.4, -0.2) is 28.3 Å². The molecule has 0 bridgehead atoms. The first-order valence-electron chi connectivity index (χ1n) is 3.99. The molecule has 0 spiro atoms. The van der Waals surface area contributed by atoms with Crippen LogP contribution in [0.5, 0.6) is 0 Å². The summed E-state index contributed by atoms with van der Waals surface area (Å²) in [4.78, 5) is 8.10. The molecule has 1 unspecified atom stereocenters. The lowest BCUT2D eigenvalue weighted by Gasteiger charge is -2.18. The van der Waals surface area contributed by atoms with Crippen LogP contribution in [-0.2, 0) is 10.3 Å². The lowest BCUT2D eigenvalue weighted by molar-refractivity contribution is 0.0190. The van der Waals surface area contributed by atoms with Gasteiger partial charge in [-0.05, 0) is 15.9 Å². The summed E-state index contributed by atoms with van der Waals surface area (Å²) < 4.78 is 5.75. The molecule has 4 nitrogen and oxygen atoms in total. The van der Waals surface area contributed by atoms with Crippen molar-refractivity contribution >= 4 is 15.9 Å². The van der Waals surface area contributed by atoms with E-state index in [4.69, 9.17) is 4.74 Å². The Morgan fingerprint density at radius 1 is 1.54 bits per heavy atom. The Balaban J connectivity index is 2.33. The molecule has 70 valence electrons. The maximum Gasteiger partial charge on any atom is 0.133 e. The van der Waals surface area contributed by atoms with Gasteiger partial charge in [0.1, 0.15) is 10.2 Å². The van der Waals surface area contributed by atoms with Crippen LogP contribution in [0.15, 0.2) is 17.0 Å². The Morgan fingerprint density at radius 2 is 2.38 bits per heavy atom. The van der Waals surface area contributed by atoms with Crippen molar-refractivity contribution in [3.63, 3.8) is 0 Å². The zero-order valence-corrected chi connectivity index (χ0v) is 8.49. The molecule has 0 aromatic carbocycles. The first-order chi connectivity index (χ1) is 6.21. The van der Waals surface area contributed by atoms with Crippen LogP contribution in [0, 0.1) is 0 Å². The molecule has 13 heavy (non-hydrogen) atoms. The third kappa shape index (κ3) is 1.72. The fourth-order valence-corrected chi connectivity index (χ4v) is 1.63. The van der Waals surface area contributed by atoms with Crippen molar-refractivity contribution in [2.75, 3.05) is 13.2 Å². The Morgan fingerprint density at radius 3 is 3.00 bits per heavy atom. The highest BCUT2D eigenvalue weighted by Crippen LogP contribution is 2.28. The molecule has 2 rings (SSSR count). The monoisotopic (exact) mass is 244 g/mol. The van der Waals surface area contributed by atoms with E-state index in [0.29, 0.717) is 29.9 Å². The summed E-state index contributed by atoms with van der Waals surface area (Å²) in [6.07, 6.45) is 3.74. The molecule has 0 radical (unpaired) electrons. The zero-order valence-electron chi connectivity index (χ0n) is 6.90. The minimum atomic E-state index is -0.948. The second-order valence-electron chi connectivity index (χ2n) is 3.06. The molecule has 2 heterocycles. The fraction of sp³-hybridized carbons (Fsp3) is 0.500. The van der Waals surface area contributed by atoms with E-state index in [0.717, 1.165) is 0 Å². The topological polar surface area (TPSA) is 55.2 Å². The lowest BCUT2D eigenvalue weighted by Crippen LogP contribution is -2.27. The van der Waals surface area contributed by atoms with Crippen LogP contribution in [0.1, 0.15) is 12.1 Å². The van der Waals surface area contributed by atoms with Gasteiger partial charge in [-0.3, -0.25) is 4.98 Å². The van der Waals surface area contributed by atoms with Gasteiger partial charge >= 0.3 is 0 Å². The van der Waals surface area contributed by atoms with Gasteiger partial charge in [0.15, 0.2) is 0 Å². The first-order valence-corrected chi connectivity index (χ1v) is 4.78. The summed E-state index contributed by atoms with van der Waals surface area (Å²) >= 11 is 3.21. The van der Waals surface area contributed by atoms with Crippen molar-refractivity contribution in [3.8, 4) is 0 Å². The van der Waals surface area contributed by atoms with Crippen LogP contribution in [0.2, 0.25) is 0 Å². The van der Waals surface area contributed by atoms with E-state index in [-0.39, 0.29) is 0 Å². The Bertz CT molecular complexity index is 313. The van der Waals surface area contributed by atoms with E-state index < -0.39 is 5.60 Å². The Kier molecular flexibility index (Phi) is 2.31. The van der Waals surface area contributed by atoms with Crippen molar-refractivity contribution in [2.45, 2.75) is 12.0 Å². The van der Waals surface area contributed by atoms with E-state index >= 15 is 0 Å². The SMILES string of the molecule is OC1(c2cncc(Br)n2)CCOC1. The average Bonchev–Trinajstić information content (AvgIpc) is 2.54. The predicted molar refractivity (Wildman–Crippen MR) is 49.1 cm³/mol. The van der Waals surface area contributed by atoms with Gasteiger partial charge in [-0.2, -0.15) is 0 Å². The quantitative estimate of drug-likeness (QED) is 0.796. The van der Waals surface area contributed by atoms with Crippen molar-refractivity contribution in [2.24, 2.45) is 0 Å². The normalized spacial score (nSPS) is 27.8. The van der Waals surface area contributed by atoms with Gasteiger partial charge in [0, 0.05) is 13.0 Å². The van der Waals surface area contributed by atoms with Gasteiger partial charge in [0.05, 0.1) is 24.7 Å². The highest BCUT2D eigenvalue weighted by molar-refractivity contribution is 9.10. The van der Waals surface area contributed by atoms with E-state index in [2.05, 4.69) is 25.9 Å². The highest BCUT2D eigenvalue weighted by Gasteiger charge is 2.35. The summed E-state index contributed by atoms with van der Waals surface area (Å²) in [5.74, 6) is 0. The summed E-state index contributed by atoms with van der Waals surface area (Å²) in [5, 5.41) is 10.0. The molecule has 1 aromatic rings. The molecule has 1 fully saturated rings. The zero-order chi connectivity index (χ0) is 9.31. The second-order valence-corrected chi connectivity index (χ2v) is 3.87. The third-order valence-corrected chi connectivity index (χ3v) is 2.46. The third-order valence-electron chi connectivity index (χ3n) is 2.08. The van der Waals surface area contributed by atoms with Crippen LogP contribution >= 0.6 is 15.9 Å². The van der Waals surface area contributed by atoms with Gasteiger partial charge in [-0.15, -0.1) is 0 Å². The predicted octanol–water partition coefficient (Wildman–Crippen LogP) is 0.847. The Hall–Kier alpha value is -0.520. The standard InChI is InChI=1S/C8H9BrN2O2/c9-7-4-10-3-6(11-7)8(12)1-2-13-5-8/h3-4,12H,1-2,5H2. The lowest BCUT2D eigenvalue weighted by atomic mass is 10.00. The molecule has 1 aliphatic rings. The molecule has 0 amide bonds. The number of aliphatic hydroxyl groups is 1. The van der Waals surface area contributed by atoms with Gasteiger partial charge < -0.3 is 9.84 Å². The molecule has 1 saturated heterocycles. The van der Waals surface area contributed by atoms with Gasteiger partial charge in [0.25, 0.3) is 0 Å². The van der Waals surface area contributed by atoms with Crippen molar-refractivity contribution in [1.82, 2.24) is 9.97 Å². The van der Waals surface area contributed by atoms with Gasteiger partial charge in [-0.25, -0.2) is 4.98 Å². The fourth-order valence-electron chi connectivity index (χ4n) is 1.32. The molecule has 1 aromatic heterocycles. The molecule has 1 atom stereocenters. The number of halogens is 1. The molecular weight excluding hydrogens is 236 g/mol. The number of hydrogen-bond acceptors (Lipinski definition) is 4. The van der Waals surface area contributed by atoms with Crippen LogP contribution < -0.4 is 0 Å². The molecule has 1 aliphatic heterocycles. The smallest absolute Gasteiger partial charge is 0.133 e. The largest absolute Gasteiger partial charge is 0.381 e. The van der Waals surface area contributed by atoms with Crippen molar-refractivity contribution in [3.05, 3.63) is 22.7 Å². The van der Waals surface area contributed by atoms with Gasteiger partial charge in [0.2, 0.25) is 0 Å². The number of nitrogens with zero attached hydrogens (tertiary/aromatic N) is 2. The summed E-state index contributed by atoms with van der Waals surface area (Å²) in [5.41, 5.74) is -0.379. The number of rotatable bonds is 1. The average molecular weight is 245 g/mol. The molecule has 5 heteroatoms. The number of aromatic nitrogens is 2. The maximum absolute atomic E-state index is 10.0. The van der Waals surface area contributed by atoms with Gasteiger partial charge in [-0.1, -0.05) is 0 Å². The maximum atomic E-state index is 10.0. The van der Waals surface area contributed by atoms with E-state index in [1.807, 2.05) is 0 Å². The molecule has 0 aliphatic carbocycles. The highest BCUT2D eigenvalue weighted by atomic mass is 79.9. The number of ether oxygens (including phenoxy) is 1. The number of hydrogen-bond donors (Lipinski definition) is 1. The molecular formula is C8H9BrN2O2. The van der Waals surface area contributed by atoms with E-state index in [9.17, 15) is 5.11 Å². The minimum Gasteiger partial charge on any atom is -0.381 e. The second kappa shape index (κ2) is 3.32. The minimum absolute atomic E-state index is 0.304. The van der Waals surface area contributed by atoms with Crippen molar-refractivity contribution < 1.29 is 9.84 Å². The van der Waals surface area contributed by atoms with E-state index in [1.165, 1.54) is 0 Å². The van der Waals surface area contributed by atoms with Crippen LogP contribution in [0.3, 0.4) is 0 Å². The molecule has 0 saturated carbocycles. The summed E-state index contributed by atoms with van der Waals surface area (Å²) in [6, 6.07) is 0. The Labute approximate surface area is 84.1 Å².